The summed E-state index contributed by atoms with van der Waals surface area (Å²) in [5.41, 5.74) is 0. The largest absolute Gasteiger partial charge is 0.433 e. The van der Waals surface area contributed by atoms with Gasteiger partial charge in [0.15, 0.2) is 6.29 Å². The predicted molar refractivity (Wildman–Crippen MR) is 115 cm³/mol. The van der Waals surface area contributed by atoms with Crippen LogP contribution < -0.4 is 0 Å². The normalized spacial score (nSPS) is 38.6. The quantitative estimate of drug-likeness (QED) is 0.113. The van der Waals surface area contributed by atoms with Crippen LogP contribution in [0, 0.1) is 0 Å². The number of aliphatic hydroxyl groups excluding tert-OH is 7. The fourth-order valence-corrected chi connectivity index (χ4v) is 3.96. The third kappa shape index (κ3) is 8.05. The molecule has 2 heterocycles. The fourth-order valence-electron chi connectivity index (χ4n) is 3.96. The second kappa shape index (κ2) is 14.6. The first kappa shape index (κ1) is 29.3. The van der Waals surface area contributed by atoms with E-state index in [2.05, 4.69) is 6.92 Å². The molecule has 0 bridgehead atoms. The number of rotatable bonds is 13. The van der Waals surface area contributed by atoms with Gasteiger partial charge in [-0.3, -0.25) is 4.79 Å². The number of aliphatic hydroxyl groups is 7. The van der Waals surface area contributed by atoms with Crippen LogP contribution in [0.15, 0.2) is 0 Å². The van der Waals surface area contributed by atoms with Gasteiger partial charge in [0.2, 0.25) is 6.29 Å². The molecule has 7 N–H and O–H groups in total. The maximum Gasteiger partial charge on any atom is 0.308 e. The third-order valence-electron chi connectivity index (χ3n) is 6.17. The van der Waals surface area contributed by atoms with Crippen molar-refractivity contribution in [3.63, 3.8) is 0 Å². The van der Waals surface area contributed by atoms with Gasteiger partial charge in [-0.1, -0.05) is 45.4 Å². The van der Waals surface area contributed by atoms with Crippen molar-refractivity contribution in [1.82, 2.24) is 0 Å². The highest BCUT2D eigenvalue weighted by atomic mass is 16.7. The van der Waals surface area contributed by atoms with Gasteiger partial charge in [-0.05, 0) is 6.42 Å². The van der Waals surface area contributed by atoms with E-state index in [9.17, 15) is 40.5 Å². The Morgan fingerprint density at radius 1 is 0.706 bits per heavy atom. The van der Waals surface area contributed by atoms with Crippen molar-refractivity contribution in [2.75, 3.05) is 13.2 Å². The van der Waals surface area contributed by atoms with Crippen molar-refractivity contribution in [3.05, 3.63) is 0 Å². The van der Waals surface area contributed by atoms with Crippen LogP contribution in [0.25, 0.3) is 0 Å². The highest BCUT2D eigenvalue weighted by molar-refractivity contribution is 5.69. The van der Waals surface area contributed by atoms with Gasteiger partial charge in [-0.15, -0.1) is 0 Å². The first-order valence-corrected chi connectivity index (χ1v) is 12.0. The molecule has 34 heavy (non-hydrogen) atoms. The van der Waals surface area contributed by atoms with E-state index in [1.54, 1.807) is 0 Å². The second-order valence-electron chi connectivity index (χ2n) is 8.91. The zero-order valence-corrected chi connectivity index (χ0v) is 19.5. The molecule has 0 aromatic rings. The molecule has 0 aromatic heterocycles. The van der Waals surface area contributed by atoms with Gasteiger partial charge in [0.25, 0.3) is 0 Å². The summed E-state index contributed by atoms with van der Waals surface area (Å²) in [4.78, 5) is 12.2. The zero-order valence-electron chi connectivity index (χ0n) is 19.5. The lowest BCUT2D eigenvalue weighted by Crippen LogP contribution is -2.61. The van der Waals surface area contributed by atoms with E-state index in [1.165, 1.54) is 6.42 Å². The highest BCUT2D eigenvalue weighted by Crippen LogP contribution is 2.26. The predicted octanol–water partition coefficient (Wildman–Crippen LogP) is -1.71. The maximum atomic E-state index is 12.2. The molecule has 12 nitrogen and oxygen atoms in total. The van der Waals surface area contributed by atoms with Crippen LogP contribution in [0.1, 0.15) is 58.3 Å². The molecule has 10 atom stereocenters. The highest BCUT2D eigenvalue weighted by Gasteiger charge is 2.48. The molecule has 200 valence electrons. The molecule has 2 aliphatic heterocycles. The summed E-state index contributed by atoms with van der Waals surface area (Å²) in [7, 11) is 0. The summed E-state index contributed by atoms with van der Waals surface area (Å²) in [5.74, 6) is -0.616. The van der Waals surface area contributed by atoms with Crippen LogP contribution >= 0.6 is 0 Å². The molecule has 0 aliphatic carbocycles. The van der Waals surface area contributed by atoms with Crippen LogP contribution in [0.3, 0.4) is 0 Å². The molecule has 0 unspecified atom stereocenters. The van der Waals surface area contributed by atoms with Crippen LogP contribution in [0.4, 0.5) is 0 Å². The van der Waals surface area contributed by atoms with Crippen molar-refractivity contribution in [3.8, 4) is 0 Å². The maximum absolute atomic E-state index is 12.2. The van der Waals surface area contributed by atoms with Gasteiger partial charge in [0.05, 0.1) is 13.2 Å². The molecule has 2 aliphatic rings. The summed E-state index contributed by atoms with van der Waals surface area (Å²) in [5, 5.41) is 69.5. The van der Waals surface area contributed by atoms with Crippen molar-refractivity contribution in [2.45, 2.75) is 120 Å². The Morgan fingerprint density at radius 2 is 1.24 bits per heavy atom. The zero-order chi connectivity index (χ0) is 25.3. The Balaban J connectivity index is 1.83. The number of carbonyl (C=O) groups is 1. The average Bonchev–Trinajstić information content (AvgIpc) is 2.82. The molecule has 0 spiro atoms. The summed E-state index contributed by atoms with van der Waals surface area (Å²) >= 11 is 0. The minimum absolute atomic E-state index is 0.116. The number of carbonyl (C=O) groups excluding carboxylic acids is 1. The van der Waals surface area contributed by atoms with Crippen LogP contribution in [0.2, 0.25) is 0 Å². The van der Waals surface area contributed by atoms with E-state index in [1.807, 2.05) is 0 Å². The third-order valence-corrected chi connectivity index (χ3v) is 6.17. The van der Waals surface area contributed by atoms with Gasteiger partial charge >= 0.3 is 5.97 Å². The number of hydrogen-bond donors (Lipinski definition) is 7. The Hall–Kier alpha value is -0.930. The number of esters is 1. The molecule has 0 amide bonds. The smallest absolute Gasteiger partial charge is 0.308 e. The summed E-state index contributed by atoms with van der Waals surface area (Å²) in [6.07, 6.45) is -8.14. The summed E-state index contributed by atoms with van der Waals surface area (Å²) in [6.45, 7) is 1.01. The minimum atomic E-state index is -1.70. The van der Waals surface area contributed by atoms with Crippen LogP contribution in [-0.4, -0.2) is 116 Å². The molecule has 0 aromatic carbocycles. The average molecular weight is 497 g/mol. The molecular weight excluding hydrogens is 456 g/mol. The topological polar surface area (TPSA) is 196 Å². The van der Waals surface area contributed by atoms with Crippen molar-refractivity contribution in [2.24, 2.45) is 0 Å². The van der Waals surface area contributed by atoms with E-state index in [4.69, 9.17) is 18.9 Å². The molecule has 0 saturated carbocycles. The molecular formula is C22H40O12. The van der Waals surface area contributed by atoms with E-state index >= 15 is 0 Å². The molecule has 12 heteroatoms. The lowest BCUT2D eigenvalue weighted by atomic mass is 9.98. The van der Waals surface area contributed by atoms with Gasteiger partial charge in [-0.2, -0.15) is 0 Å². The number of unbranched alkanes of at least 4 members (excludes halogenated alkanes) is 6. The lowest BCUT2D eigenvalue weighted by molar-refractivity contribution is -0.327. The Morgan fingerprint density at radius 3 is 1.85 bits per heavy atom. The van der Waals surface area contributed by atoms with E-state index in [-0.39, 0.29) is 6.42 Å². The number of ether oxygens (including phenoxy) is 4. The summed E-state index contributed by atoms with van der Waals surface area (Å²) < 4.78 is 21.1. The Labute approximate surface area is 199 Å². The molecule has 2 rings (SSSR count). The molecule has 2 saturated heterocycles. The molecule has 2 fully saturated rings. The SMILES string of the molecule is CCCCCCCCCC(=O)O[C@@H]1O[C@H](CO[C@@H]2O[C@H](CO)[C@@H](O)[C@H](O)[C@H]2O)[C@@H](O)[C@H](O)[C@H]1O. The monoisotopic (exact) mass is 496 g/mol. The van der Waals surface area contributed by atoms with Crippen LogP contribution in [0.5, 0.6) is 0 Å². The minimum Gasteiger partial charge on any atom is -0.433 e. The number of hydrogen-bond acceptors (Lipinski definition) is 12. The van der Waals surface area contributed by atoms with Gasteiger partial charge < -0.3 is 54.7 Å². The second-order valence-corrected chi connectivity index (χ2v) is 8.91. The van der Waals surface area contributed by atoms with Gasteiger partial charge in [0.1, 0.15) is 48.8 Å². The van der Waals surface area contributed by atoms with Crippen molar-refractivity contribution in [1.29, 1.82) is 0 Å². The van der Waals surface area contributed by atoms with E-state index in [0.29, 0.717) is 6.42 Å². The Kier molecular flexibility index (Phi) is 12.6. The van der Waals surface area contributed by atoms with Crippen molar-refractivity contribution >= 4 is 5.97 Å². The standard InChI is InChI=1S/C22H40O12/c1-2-3-4-5-6-7-8-9-14(24)34-22-20(30)18(28)16(26)13(33-22)11-31-21-19(29)17(27)15(25)12(10-23)32-21/h12-13,15-23,25-30H,2-11H2,1H3/t12-,13-,15-,16-,17+,18+,19-,20-,21-,22+/m1/s1. The van der Waals surface area contributed by atoms with Crippen LogP contribution in [-0.2, 0) is 23.7 Å². The first-order valence-electron chi connectivity index (χ1n) is 12.0. The summed E-state index contributed by atoms with van der Waals surface area (Å²) in [6, 6.07) is 0. The first-order chi connectivity index (χ1) is 16.2. The lowest BCUT2D eigenvalue weighted by Gasteiger charge is -2.42. The molecule has 0 radical (unpaired) electrons. The van der Waals surface area contributed by atoms with Crippen molar-refractivity contribution < 1.29 is 59.5 Å². The Bertz CT molecular complexity index is 590. The van der Waals surface area contributed by atoms with Gasteiger partial charge in [0, 0.05) is 6.42 Å². The van der Waals surface area contributed by atoms with E-state index in [0.717, 1.165) is 32.1 Å². The fraction of sp³-hybridized carbons (Fsp3) is 0.955. The van der Waals surface area contributed by atoms with Gasteiger partial charge in [-0.25, -0.2) is 0 Å². The van der Waals surface area contributed by atoms with E-state index < -0.39 is 80.6 Å².